The molecule has 0 saturated heterocycles. The summed E-state index contributed by atoms with van der Waals surface area (Å²) in [6.45, 7) is 0. The van der Waals surface area contributed by atoms with E-state index in [1.165, 1.54) is 0 Å². The molecule has 0 fully saturated rings. The van der Waals surface area contributed by atoms with Gasteiger partial charge in [0, 0.05) is 36.9 Å². The van der Waals surface area contributed by atoms with E-state index in [0.29, 0.717) is 0 Å². The van der Waals surface area contributed by atoms with Crippen LogP contribution in [-0.2, 0) is 10.4 Å². The number of hydrogen-bond donors (Lipinski definition) is 2. The van der Waals surface area contributed by atoms with Crippen LogP contribution in [0.5, 0.6) is 0 Å². The van der Waals surface area contributed by atoms with Crippen LogP contribution in [0.25, 0.3) is 0 Å². The summed E-state index contributed by atoms with van der Waals surface area (Å²) >= 11 is 0. The second kappa shape index (κ2) is 3.15. The molecule has 0 bridgehead atoms. The first kappa shape index (κ1) is 10.2. The van der Waals surface area contributed by atoms with Gasteiger partial charge in [-0.25, -0.2) is 0 Å². The van der Waals surface area contributed by atoms with Crippen molar-refractivity contribution in [2.45, 2.75) is 0 Å². The van der Waals surface area contributed by atoms with Crippen molar-refractivity contribution in [3.63, 3.8) is 0 Å². The van der Waals surface area contributed by atoms with Gasteiger partial charge in [-0.1, -0.05) is 0 Å². The third kappa shape index (κ3) is 70.6. The number of hydrogen-bond acceptors (Lipinski definition) is 2. The Kier molecular flexibility index (Phi) is 5.34. The summed E-state index contributed by atoms with van der Waals surface area (Å²) < 4.78 is 31.6. The summed E-state index contributed by atoms with van der Waals surface area (Å²) in [5.74, 6) is 0. The summed E-state index contributed by atoms with van der Waals surface area (Å²) in [7, 11) is -4.67. The van der Waals surface area contributed by atoms with Crippen LogP contribution in [0.1, 0.15) is 0 Å². The first-order chi connectivity index (χ1) is 2.00. The van der Waals surface area contributed by atoms with Gasteiger partial charge in [0.25, 0.3) is 0 Å². The average molecular weight is 273 g/mol. The Balaban J connectivity index is 0. The number of rotatable bonds is 0. The third-order valence-electron chi connectivity index (χ3n) is 0. The zero-order valence-corrected chi connectivity index (χ0v) is 4.85. The van der Waals surface area contributed by atoms with Crippen molar-refractivity contribution in [3.05, 3.63) is 0 Å². The van der Waals surface area contributed by atoms with Crippen molar-refractivity contribution in [2.24, 2.45) is 0 Å². The van der Waals surface area contributed by atoms with Gasteiger partial charge < -0.3 is 0 Å². The van der Waals surface area contributed by atoms with Crippen molar-refractivity contribution in [1.29, 1.82) is 0 Å². The summed E-state index contributed by atoms with van der Waals surface area (Å²) in [5, 5.41) is 0. The van der Waals surface area contributed by atoms with E-state index < -0.39 is 10.4 Å². The fourth-order valence-electron chi connectivity index (χ4n) is 0. The molecule has 0 heterocycles. The standard InChI is InChI=1S/Lu.H2O4S/c;1-5(2,3)4/h;(H2,1,2,3,4). The molecule has 0 saturated carbocycles. The van der Waals surface area contributed by atoms with E-state index >= 15 is 0 Å². The van der Waals surface area contributed by atoms with Gasteiger partial charge in [-0.2, -0.15) is 8.42 Å². The molecule has 6 heteroatoms. The van der Waals surface area contributed by atoms with Crippen LogP contribution in [0.3, 0.4) is 0 Å². The van der Waals surface area contributed by atoms with E-state index in [9.17, 15) is 0 Å². The molecule has 0 spiro atoms. The molecular weight excluding hydrogens is 271 g/mol. The molecule has 0 aliphatic carbocycles. The minimum Gasteiger partial charge on any atom is -0.264 e. The van der Waals surface area contributed by atoms with E-state index in [4.69, 9.17) is 17.5 Å². The van der Waals surface area contributed by atoms with Gasteiger partial charge in [0.1, 0.15) is 0 Å². The monoisotopic (exact) mass is 273 g/mol. The molecule has 0 unspecified atom stereocenters. The second-order valence-corrected chi connectivity index (χ2v) is 1.34. The maximum Gasteiger partial charge on any atom is 0.394 e. The predicted molar refractivity (Wildman–Crippen MR) is 14.2 cm³/mol. The predicted octanol–water partition coefficient (Wildman–Crippen LogP) is -0.653. The van der Waals surface area contributed by atoms with Crippen molar-refractivity contribution in [2.75, 3.05) is 0 Å². The molecule has 0 aromatic carbocycles. The van der Waals surface area contributed by atoms with E-state index in [-0.39, 0.29) is 36.9 Å². The summed E-state index contributed by atoms with van der Waals surface area (Å²) in [4.78, 5) is 0. The van der Waals surface area contributed by atoms with Crippen LogP contribution in [0, 0.1) is 36.9 Å². The van der Waals surface area contributed by atoms with Gasteiger partial charge in [0.05, 0.1) is 0 Å². The van der Waals surface area contributed by atoms with E-state index in [1.54, 1.807) is 0 Å². The van der Waals surface area contributed by atoms with Crippen LogP contribution < -0.4 is 0 Å². The molecule has 1 radical (unpaired) electrons. The molecule has 4 nitrogen and oxygen atoms in total. The first-order valence-electron chi connectivity index (χ1n) is 0.698. The Morgan fingerprint density at radius 1 is 1.17 bits per heavy atom. The first-order valence-corrected chi connectivity index (χ1v) is 2.10. The maximum absolute atomic E-state index is 8.74. The summed E-state index contributed by atoms with van der Waals surface area (Å²) in [5.41, 5.74) is 0. The quantitative estimate of drug-likeness (QED) is 0.575. The topological polar surface area (TPSA) is 74.6 Å². The fraction of sp³-hybridized carbons (Fsp3) is 0. The van der Waals surface area contributed by atoms with E-state index in [1.807, 2.05) is 0 Å². The van der Waals surface area contributed by atoms with Gasteiger partial charge in [-0.3, -0.25) is 9.11 Å². The molecule has 0 rings (SSSR count). The van der Waals surface area contributed by atoms with Crippen molar-refractivity contribution >= 4 is 10.4 Å². The molecule has 0 aromatic heterocycles. The molecular formula is H2LuO4S. The SMILES string of the molecule is O=S(=O)(O)O.[Lu]. The smallest absolute Gasteiger partial charge is 0.264 e. The molecule has 0 aliphatic rings. The van der Waals surface area contributed by atoms with Gasteiger partial charge in [-0.05, 0) is 0 Å². The van der Waals surface area contributed by atoms with Gasteiger partial charge >= 0.3 is 10.4 Å². The van der Waals surface area contributed by atoms with Crippen LogP contribution in [0.2, 0.25) is 0 Å². The third-order valence-corrected chi connectivity index (χ3v) is 0. The van der Waals surface area contributed by atoms with Crippen LogP contribution in [0.4, 0.5) is 0 Å². The normalized spacial score (nSPS) is 9.67. The molecule has 0 amide bonds. The summed E-state index contributed by atoms with van der Waals surface area (Å²) in [6, 6.07) is 0. The maximum atomic E-state index is 8.74. The Bertz CT molecular complexity index is 90.7. The molecule has 0 atom stereocenters. The Labute approximate surface area is 64.3 Å². The summed E-state index contributed by atoms with van der Waals surface area (Å²) in [6.07, 6.45) is 0. The van der Waals surface area contributed by atoms with Crippen LogP contribution in [-0.4, -0.2) is 17.5 Å². The molecule has 2 N–H and O–H groups in total. The molecule has 0 aliphatic heterocycles. The Morgan fingerprint density at radius 3 is 1.17 bits per heavy atom. The molecule has 47 valence electrons. The molecule has 6 heavy (non-hydrogen) atoms. The Morgan fingerprint density at radius 2 is 1.17 bits per heavy atom. The average Bonchev–Trinajstić information content (AvgIpc) is 0.722. The largest absolute Gasteiger partial charge is 0.394 e. The van der Waals surface area contributed by atoms with Crippen molar-refractivity contribution in [3.8, 4) is 0 Å². The zero-order valence-electron chi connectivity index (χ0n) is 2.38. The van der Waals surface area contributed by atoms with Crippen LogP contribution >= 0.6 is 0 Å². The van der Waals surface area contributed by atoms with Crippen molar-refractivity contribution < 1.29 is 54.4 Å². The fourth-order valence-corrected chi connectivity index (χ4v) is 0. The second-order valence-electron chi connectivity index (χ2n) is 0.448. The van der Waals surface area contributed by atoms with Crippen molar-refractivity contribution in [1.82, 2.24) is 0 Å². The minimum absolute atomic E-state index is 0. The minimum atomic E-state index is -4.67. The van der Waals surface area contributed by atoms with Gasteiger partial charge in [0.15, 0.2) is 0 Å². The molecule has 0 aromatic rings. The Hall–Kier alpha value is 1.10. The zero-order chi connectivity index (χ0) is 4.50. The van der Waals surface area contributed by atoms with E-state index in [0.717, 1.165) is 0 Å². The van der Waals surface area contributed by atoms with Gasteiger partial charge in [0.2, 0.25) is 0 Å². The van der Waals surface area contributed by atoms with Gasteiger partial charge in [-0.15, -0.1) is 0 Å². The van der Waals surface area contributed by atoms with Crippen LogP contribution in [0.15, 0.2) is 0 Å². The van der Waals surface area contributed by atoms with E-state index in [2.05, 4.69) is 0 Å².